The summed E-state index contributed by atoms with van der Waals surface area (Å²) in [5.41, 5.74) is 3.89. The molecule has 0 bridgehead atoms. The fourth-order valence-corrected chi connectivity index (χ4v) is 6.24. The highest BCUT2D eigenvalue weighted by Gasteiger charge is 2.30. The molecule has 3 aromatic carbocycles. The highest BCUT2D eigenvalue weighted by atomic mass is 35.5. The molecular formula is C27H30Cl2N2O4S. The van der Waals surface area contributed by atoms with E-state index in [4.69, 9.17) is 27.9 Å². The molecule has 0 aromatic heterocycles. The fraction of sp³-hybridized carbons (Fsp3) is 0.296. The Morgan fingerprint density at radius 3 is 2.11 bits per heavy atom. The normalized spacial score (nSPS) is 11.5. The Labute approximate surface area is 223 Å². The molecule has 0 spiro atoms. The van der Waals surface area contributed by atoms with E-state index in [1.165, 1.54) is 4.31 Å². The Hall–Kier alpha value is -2.58. The van der Waals surface area contributed by atoms with Crippen LogP contribution in [-0.2, 0) is 27.8 Å². The van der Waals surface area contributed by atoms with Crippen molar-refractivity contribution in [2.45, 2.75) is 38.6 Å². The molecule has 0 aliphatic rings. The van der Waals surface area contributed by atoms with E-state index in [9.17, 15) is 13.2 Å². The van der Waals surface area contributed by atoms with Gasteiger partial charge in [0, 0.05) is 13.1 Å². The number of sulfonamides is 1. The van der Waals surface area contributed by atoms with E-state index in [1.807, 2.05) is 43.3 Å². The number of halogens is 2. The van der Waals surface area contributed by atoms with Crippen LogP contribution in [0, 0.1) is 20.8 Å². The molecule has 6 nitrogen and oxygen atoms in total. The first kappa shape index (κ1) is 28.0. The van der Waals surface area contributed by atoms with Crippen LogP contribution in [0.25, 0.3) is 0 Å². The van der Waals surface area contributed by atoms with Gasteiger partial charge in [-0.05, 0) is 73.7 Å². The van der Waals surface area contributed by atoms with Crippen molar-refractivity contribution in [1.82, 2.24) is 9.62 Å². The molecule has 0 aliphatic heterocycles. The summed E-state index contributed by atoms with van der Waals surface area (Å²) in [6.07, 6.45) is 0.603. The standard InChI is InChI=1S/C27H30Cl2N2O4S/c1-18-13-19(2)27(20(3)14-18)36(33,34)31(16-22-7-10-24(28)25(29)15-22)17-26(32)30-12-11-21-5-8-23(35-4)9-6-21/h5-10,13-15H,11-12,16-17H2,1-4H3,(H,30,32). The first-order valence-corrected chi connectivity index (χ1v) is 13.6. The zero-order valence-corrected chi connectivity index (χ0v) is 23.1. The van der Waals surface area contributed by atoms with Crippen LogP contribution in [0.3, 0.4) is 0 Å². The Kier molecular flexibility index (Phi) is 9.41. The van der Waals surface area contributed by atoms with Gasteiger partial charge in [-0.1, -0.05) is 59.1 Å². The Bertz CT molecular complexity index is 1320. The molecule has 1 amide bonds. The SMILES string of the molecule is COc1ccc(CCNC(=O)CN(Cc2ccc(Cl)c(Cl)c2)S(=O)(=O)c2c(C)cc(C)cc2C)cc1. The third-order valence-corrected chi connectivity index (χ3v) is 8.60. The van der Waals surface area contributed by atoms with Gasteiger partial charge in [0.15, 0.2) is 0 Å². The van der Waals surface area contributed by atoms with Gasteiger partial charge in [0.1, 0.15) is 5.75 Å². The summed E-state index contributed by atoms with van der Waals surface area (Å²) in [6, 6.07) is 16.1. The number of aryl methyl sites for hydroxylation is 3. The van der Waals surface area contributed by atoms with Crippen LogP contribution in [0.15, 0.2) is 59.5 Å². The lowest BCUT2D eigenvalue weighted by Gasteiger charge is -2.24. The van der Waals surface area contributed by atoms with Crippen molar-refractivity contribution in [3.05, 3.63) is 92.5 Å². The van der Waals surface area contributed by atoms with Crippen molar-refractivity contribution in [3.63, 3.8) is 0 Å². The Morgan fingerprint density at radius 2 is 1.53 bits per heavy atom. The number of nitrogens with one attached hydrogen (secondary N) is 1. The molecule has 0 heterocycles. The van der Waals surface area contributed by atoms with Gasteiger partial charge in [-0.15, -0.1) is 0 Å². The van der Waals surface area contributed by atoms with E-state index in [0.29, 0.717) is 39.7 Å². The van der Waals surface area contributed by atoms with Crippen molar-refractivity contribution in [1.29, 1.82) is 0 Å². The first-order valence-electron chi connectivity index (χ1n) is 11.4. The third-order valence-electron chi connectivity index (χ3n) is 5.76. The van der Waals surface area contributed by atoms with Crippen LogP contribution < -0.4 is 10.1 Å². The molecule has 36 heavy (non-hydrogen) atoms. The lowest BCUT2D eigenvalue weighted by atomic mass is 10.1. The van der Waals surface area contributed by atoms with Gasteiger partial charge < -0.3 is 10.1 Å². The number of nitrogens with zero attached hydrogens (tertiary/aromatic N) is 1. The van der Waals surface area contributed by atoms with Crippen LogP contribution in [0.5, 0.6) is 5.75 Å². The summed E-state index contributed by atoms with van der Waals surface area (Å²) < 4.78 is 34.0. The van der Waals surface area contributed by atoms with Gasteiger partial charge >= 0.3 is 0 Å². The highest BCUT2D eigenvalue weighted by Crippen LogP contribution is 2.28. The van der Waals surface area contributed by atoms with Crippen LogP contribution in [0.4, 0.5) is 0 Å². The lowest BCUT2D eigenvalue weighted by molar-refractivity contribution is -0.121. The number of benzene rings is 3. The van der Waals surface area contributed by atoms with Gasteiger partial charge in [0.25, 0.3) is 0 Å². The maximum absolute atomic E-state index is 13.8. The van der Waals surface area contributed by atoms with Crippen molar-refractivity contribution >= 4 is 39.1 Å². The lowest BCUT2D eigenvalue weighted by Crippen LogP contribution is -2.41. The monoisotopic (exact) mass is 548 g/mol. The van der Waals surface area contributed by atoms with Crippen LogP contribution in [0.2, 0.25) is 10.0 Å². The number of carbonyl (C=O) groups is 1. The van der Waals surface area contributed by atoms with Crippen LogP contribution in [-0.4, -0.2) is 38.8 Å². The largest absolute Gasteiger partial charge is 0.497 e. The fourth-order valence-electron chi connectivity index (χ4n) is 4.12. The van der Waals surface area contributed by atoms with Gasteiger partial charge in [-0.2, -0.15) is 4.31 Å². The number of carbonyl (C=O) groups excluding carboxylic acids is 1. The maximum atomic E-state index is 13.8. The quantitative estimate of drug-likeness (QED) is 0.364. The zero-order chi connectivity index (χ0) is 26.5. The summed E-state index contributed by atoms with van der Waals surface area (Å²) in [5.74, 6) is 0.363. The number of methoxy groups -OCH3 is 1. The topological polar surface area (TPSA) is 75.7 Å². The second kappa shape index (κ2) is 12.1. The molecule has 9 heteroatoms. The smallest absolute Gasteiger partial charge is 0.244 e. The van der Waals surface area contributed by atoms with Crippen molar-refractivity contribution < 1.29 is 17.9 Å². The zero-order valence-electron chi connectivity index (χ0n) is 20.8. The average molecular weight is 550 g/mol. The van der Waals surface area contributed by atoms with Crippen molar-refractivity contribution in [2.75, 3.05) is 20.2 Å². The van der Waals surface area contributed by atoms with Crippen LogP contribution in [0.1, 0.15) is 27.8 Å². The minimum absolute atomic E-state index is 0.0299. The van der Waals surface area contributed by atoms with E-state index in [1.54, 1.807) is 39.2 Å². The molecule has 0 aliphatic carbocycles. The number of hydrogen-bond donors (Lipinski definition) is 1. The summed E-state index contributed by atoms with van der Waals surface area (Å²) in [6.45, 7) is 5.45. The number of rotatable bonds is 10. The molecule has 3 rings (SSSR count). The van der Waals surface area contributed by atoms with Gasteiger partial charge in [-0.25, -0.2) is 8.42 Å². The molecule has 192 valence electrons. The third kappa shape index (κ3) is 7.01. The minimum atomic E-state index is -4.00. The second-order valence-corrected chi connectivity index (χ2v) is 11.4. The van der Waals surface area contributed by atoms with Crippen molar-refractivity contribution in [2.24, 2.45) is 0 Å². The predicted octanol–water partition coefficient (Wildman–Crippen LogP) is 5.48. The number of hydrogen-bond acceptors (Lipinski definition) is 4. The van der Waals surface area contributed by atoms with Gasteiger partial charge in [0.2, 0.25) is 15.9 Å². The molecule has 1 N–H and O–H groups in total. The van der Waals surface area contributed by atoms with E-state index >= 15 is 0 Å². The summed E-state index contributed by atoms with van der Waals surface area (Å²) in [7, 11) is -2.39. The summed E-state index contributed by atoms with van der Waals surface area (Å²) in [5, 5.41) is 3.52. The Morgan fingerprint density at radius 1 is 0.917 bits per heavy atom. The van der Waals surface area contributed by atoms with Crippen molar-refractivity contribution in [3.8, 4) is 5.75 Å². The van der Waals surface area contributed by atoms with E-state index in [2.05, 4.69) is 5.32 Å². The molecule has 0 saturated heterocycles. The summed E-state index contributed by atoms with van der Waals surface area (Å²) >= 11 is 12.2. The maximum Gasteiger partial charge on any atom is 0.244 e. The second-order valence-electron chi connectivity index (χ2n) is 8.70. The highest BCUT2D eigenvalue weighted by molar-refractivity contribution is 7.89. The molecule has 0 saturated carbocycles. The van der Waals surface area contributed by atoms with Gasteiger partial charge in [-0.3, -0.25) is 4.79 Å². The molecule has 0 radical (unpaired) electrons. The van der Waals surface area contributed by atoms with Crippen LogP contribution >= 0.6 is 23.2 Å². The molecule has 0 atom stereocenters. The molecule has 0 unspecified atom stereocenters. The number of ether oxygens (including phenoxy) is 1. The minimum Gasteiger partial charge on any atom is -0.497 e. The number of amides is 1. The van der Waals surface area contributed by atoms with E-state index in [0.717, 1.165) is 16.9 Å². The summed E-state index contributed by atoms with van der Waals surface area (Å²) in [4.78, 5) is 13.1. The Balaban J connectivity index is 1.81. The first-order chi connectivity index (χ1) is 17.0. The predicted molar refractivity (Wildman–Crippen MR) is 144 cm³/mol. The van der Waals surface area contributed by atoms with E-state index < -0.39 is 15.9 Å². The molecule has 3 aromatic rings. The van der Waals surface area contributed by atoms with Gasteiger partial charge in [0.05, 0.1) is 28.6 Å². The van der Waals surface area contributed by atoms with E-state index in [-0.39, 0.29) is 18.0 Å². The molecular weight excluding hydrogens is 519 g/mol. The molecule has 0 fully saturated rings. The average Bonchev–Trinajstić information content (AvgIpc) is 2.80.